The standard InChI is InChI=1S/C22H23F2N3O2/c1-29-20-6-2-4-15(22(20)28)13-27-9-3-5-14(12-27)21-18(11-25-26-21)17-8-7-16(23)10-19(17)24/h2,4,6-8,10-11,14,28H,3,5,9,12-13H2,1H3,(H,25,26)/t14-/m0/s1. The Labute approximate surface area is 167 Å². The smallest absolute Gasteiger partial charge is 0.162 e. The van der Waals surface area contributed by atoms with Crippen LogP contribution in [0.15, 0.2) is 42.6 Å². The van der Waals surface area contributed by atoms with Gasteiger partial charge in [0.25, 0.3) is 0 Å². The molecule has 2 heterocycles. The lowest BCUT2D eigenvalue weighted by atomic mass is 9.90. The number of nitrogens with one attached hydrogen (secondary N) is 1. The molecule has 0 spiro atoms. The molecular weight excluding hydrogens is 376 g/mol. The van der Waals surface area contributed by atoms with Crippen molar-refractivity contribution >= 4 is 0 Å². The number of aromatic nitrogens is 2. The first kappa shape index (κ1) is 19.4. The number of halogens is 2. The summed E-state index contributed by atoms with van der Waals surface area (Å²) in [5.41, 5.74) is 2.67. The van der Waals surface area contributed by atoms with E-state index in [2.05, 4.69) is 15.1 Å². The van der Waals surface area contributed by atoms with Gasteiger partial charge in [-0.2, -0.15) is 5.10 Å². The minimum absolute atomic E-state index is 0.137. The van der Waals surface area contributed by atoms with E-state index in [0.717, 1.165) is 43.3 Å². The number of ether oxygens (including phenoxy) is 1. The van der Waals surface area contributed by atoms with Gasteiger partial charge < -0.3 is 9.84 Å². The molecule has 1 fully saturated rings. The highest BCUT2D eigenvalue weighted by atomic mass is 19.1. The van der Waals surface area contributed by atoms with E-state index in [-0.39, 0.29) is 11.7 Å². The Morgan fingerprint density at radius 1 is 1.24 bits per heavy atom. The van der Waals surface area contributed by atoms with Gasteiger partial charge in [0.1, 0.15) is 11.6 Å². The molecule has 7 heteroatoms. The number of aromatic hydroxyl groups is 1. The molecule has 1 aliphatic heterocycles. The van der Waals surface area contributed by atoms with Crippen molar-refractivity contribution in [3.63, 3.8) is 0 Å². The molecule has 0 unspecified atom stereocenters. The van der Waals surface area contributed by atoms with Crippen LogP contribution in [0.2, 0.25) is 0 Å². The van der Waals surface area contributed by atoms with E-state index in [1.165, 1.54) is 19.2 Å². The van der Waals surface area contributed by atoms with E-state index >= 15 is 0 Å². The molecule has 29 heavy (non-hydrogen) atoms. The molecule has 0 amide bonds. The van der Waals surface area contributed by atoms with E-state index in [4.69, 9.17) is 4.74 Å². The number of nitrogens with zero attached hydrogens (tertiary/aromatic N) is 2. The average Bonchev–Trinajstić information content (AvgIpc) is 3.19. The molecule has 3 aromatic rings. The summed E-state index contributed by atoms with van der Waals surface area (Å²) >= 11 is 0. The van der Waals surface area contributed by atoms with Crippen LogP contribution < -0.4 is 4.74 Å². The zero-order valence-electron chi connectivity index (χ0n) is 16.2. The normalized spacial score (nSPS) is 17.4. The number of benzene rings is 2. The Kier molecular flexibility index (Phi) is 5.49. The number of rotatable bonds is 5. The fraction of sp³-hybridized carbons (Fsp3) is 0.318. The molecule has 1 aromatic heterocycles. The number of piperidine rings is 1. The van der Waals surface area contributed by atoms with Crippen LogP contribution in [0.3, 0.4) is 0 Å². The monoisotopic (exact) mass is 399 g/mol. The summed E-state index contributed by atoms with van der Waals surface area (Å²) in [5, 5.41) is 17.5. The minimum Gasteiger partial charge on any atom is -0.504 e. The molecule has 2 aromatic carbocycles. The largest absolute Gasteiger partial charge is 0.504 e. The van der Waals surface area contributed by atoms with Gasteiger partial charge >= 0.3 is 0 Å². The van der Waals surface area contributed by atoms with Crippen molar-refractivity contribution in [1.82, 2.24) is 15.1 Å². The Morgan fingerprint density at radius 2 is 2.10 bits per heavy atom. The lowest BCUT2D eigenvalue weighted by Crippen LogP contribution is -2.34. The quantitative estimate of drug-likeness (QED) is 0.666. The Morgan fingerprint density at radius 3 is 2.90 bits per heavy atom. The number of H-pyrrole nitrogens is 1. The molecule has 0 aliphatic carbocycles. The number of hydrogen-bond donors (Lipinski definition) is 2. The molecule has 0 bridgehead atoms. The number of methoxy groups -OCH3 is 1. The van der Waals surface area contributed by atoms with Gasteiger partial charge in [-0.15, -0.1) is 0 Å². The molecule has 2 N–H and O–H groups in total. The lowest BCUT2D eigenvalue weighted by molar-refractivity contribution is 0.196. The van der Waals surface area contributed by atoms with Crippen LogP contribution in [0.25, 0.3) is 11.1 Å². The third-order valence-corrected chi connectivity index (χ3v) is 5.50. The van der Waals surface area contributed by atoms with Gasteiger partial charge in [-0.1, -0.05) is 12.1 Å². The van der Waals surface area contributed by atoms with E-state index in [1.807, 2.05) is 12.1 Å². The molecule has 0 saturated carbocycles. The maximum atomic E-state index is 14.3. The third kappa shape index (κ3) is 3.96. The van der Waals surface area contributed by atoms with E-state index in [9.17, 15) is 13.9 Å². The van der Waals surface area contributed by atoms with Crippen molar-refractivity contribution in [2.45, 2.75) is 25.3 Å². The first-order valence-corrected chi connectivity index (χ1v) is 9.62. The van der Waals surface area contributed by atoms with Gasteiger partial charge in [0, 0.05) is 47.5 Å². The van der Waals surface area contributed by atoms with Gasteiger partial charge in [0.15, 0.2) is 11.5 Å². The summed E-state index contributed by atoms with van der Waals surface area (Å²) in [5.74, 6) is -0.440. The maximum Gasteiger partial charge on any atom is 0.162 e. The first-order valence-electron chi connectivity index (χ1n) is 9.62. The molecule has 1 aliphatic rings. The Hall–Kier alpha value is -2.93. The molecule has 1 atom stereocenters. The summed E-state index contributed by atoms with van der Waals surface area (Å²) in [6.07, 6.45) is 3.51. The lowest BCUT2D eigenvalue weighted by Gasteiger charge is -2.33. The van der Waals surface area contributed by atoms with Crippen LogP contribution >= 0.6 is 0 Å². The SMILES string of the molecule is COc1cccc(CN2CCC[C@H](c3[nH]ncc3-c3ccc(F)cc3F)C2)c1O. The van der Waals surface area contributed by atoms with Gasteiger partial charge in [-0.3, -0.25) is 10.00 Å². The summed E-state index contributed by atoms with van der Waals surface area (Å²) in [6, 6.07) is 9.08. The zero-order chi connectivity index (χ0) is 20.4. The molecule has 4 rings (SSSR count). The highest BCUT2D eigenvalue weighted by Crippen LogP contribution is 2.36. The molecular formula is C22H23F2N3O2. The second-order valence-corrected chi connectivity index (χ2v) is 7.36. The number of hydrogen-bond acceptors (Lipinski definition) is 4. The zero-order valence-corrected chi connectivity index (χ0v) is 16.2. The summed E-state index contributed by atoms with van der Waals surface area (Å²) in [7, 11) is 1.53. The summed E-state index contributed by atoms with van der Waals surface area (Å²) in [6.45, 7) is 2.24. The summed E-state index contributed by atoms with van der Waals surface area (Å²) in [4.78, 5) is 2.26. The van der Waals surface area contributed by atoms with Crippen LogP contribution in [0.5, 0.6) is 11.5 Å². The first-order chi connectivity index (χ1) is 14.1. The number of phenolic OH excluding ortho intramolecular Hbond substituents is 1. The second-order valence-electron chi connectivity index (χ2n) is 7.36. The fourth-order valence-electron chi connectivity index (χ4n) is 4.07. The molecule has 1 saturated heterocycles. The number of para-hydroxylation sites is 1. The molecule has 152 valence electrons. The average molecular weight is 399 g/mol. The van der Waals surface area contributed by atoms with Crippen molar-refractivity contribution in [3.8, 4) is 22.6 Å². The van der Waals surface area contributed by atoms with E-state index in [1.54, 1.807) is 12.3 Å². The van der Waals surface area contributed by atoms with Crippen LogP contribution in [0, 0.1) is 11.6 Å². The summed E-state index contributed by atoms with van der Waals surface area (Å²) < 4.78 is 32.8. The van der Waals surface area contributed by atoms with Gasteiger partial charge in [0.2, 0.25) is 0 Å². The van der Waals surface area contributed by atoms with Crippen LogP contribution in [-0.2, 0) is 6.54 Å². The Balaban J connectivity index is 1.55. The van der Waals surface area contributed by atoms with Crippen molar-refractivity contribution in [1.29, 1.82) is 0 Å². The van der Waals surface area contributed by atoms with Crippen LogP contribution in [0.1, 0.15) is 30.0 Å². The van der Waals surface area contributed by atoms with Gasteiger partial charge in [-0.25, -0.2) is 8.78 Å². The third-order valence-electron chi connectivity index (χ3n) is 5.50. The van der Waals surface area contributed by atoms with Crippen LogP contribution in [-0.4, -0.2) is 40.4 Å². The van der Waals surface area contributed by atoms with Gasteiger partial charge in [-0.05, 0) is 37.6 Å². The minimum atomic E-state index is -0.599. The van der Waals surface area contributed by atoms with Crippen molar-refractivity contribution in [2.75, 3.05) is 20.2 Å². The molecule has 5 nitrogen and oxygen atoms in total. The predicted octanol–water partition coefficient (Wildman–Crippen LogP) is 4.45. The van der Waals surface area contributed by atoms with E-state index in [0.29, 0.717) is 23.4 Å². The molecule has 0 radical (unpaired) electrons. The maximum absolute atomic E-state index is 14.3. The number of phenols is 1. The van der Waals surface area contributed by atoms with Crippen LogP contribution in [0.4, 0.5) is 8.78 Å². The van der Waals surface area contributed by atoms with Crippen molar-refractivity contribution in [3.05, 3.63) is 65.5 Å². The van der Waals surface area contributed by atoms with Crippen molar-refractivity contribution < 1.29 is 18.6 Å². The second kappa shape index (κ2) is 8.21. The predicted molar refractivity (Wildman–Crippen MR) is 106 cm³/mol. The van der Waals surface area contributed by atoms with Gasteiger partial charge in [0.05, 0.1) is 13.3 Å². The highest BCUT2D eigenvalue weighted by Gasteiger charge is 2.26. The highest BCUT2D eigenvalue weighted by molar-refractivity contribution is 5.66. The number of aromatic amines is 1. The Bertz CT molecular complexity index is 1010. The number of likely N-dealkylation sites (tertiary alicyclic amines) is 1. The topological polar surface area (TPSA) is 61.4 Å². The van der Waals surface area contributed by atoms with E-state index < -0.39 is 11.6 Å². The van der Waals surface area contributed by atoms with Crippen molar-refractivity contribution in [2.24, 2.45) is 0 Å². The fourth-order valence-corrected chi connectivity index (χ4v) is 4.07.